The Kier molecular flexibility index (Phi) is 26.5. The molecular formula is C75H66Cl3NO26. The Balaban J connectivity index is 1.06. The zero-order chi connectivity index (χ0) is 74.7. The maximum atomic E-state index is 14.5. The number of benzene rings is 7. The Hall–Kier alpha value is -10.6. The second kappa shape index (κ2) is 36.2. The Morgan fingerprint density at radius 3 is 0.819 bits per heavy atom. The first-order valence-electron chi connectivity index (χ1n) is 32.3. The molecule has 7 aromatic rings. The van der Waals surface area contributed by atoms with Crippen LogP contribution in [0.4, 0.5) is 0 Å². The minimum Gasteiger partial charge on any atom is -0.459 e. The van der Waals surface area contributed by atoms with E-state index in [4.69, 9.17) is 116 Å². The van der Waals surface area contributed by atoms with Crippen LogP contribution in [0.3, 0.4) is 0 Å². The topological polar surface area (TPSA) is 342 Å². The molecule has 0 aliphatic carbocycles. The molecule has 3 aliphatic heterocycles. The molecule has 3 aliphatic rings. The quantitative estimate of drug-likeness (QED) is 0.0183. The van der Waals surface area contributed by atoms with Crippen LogP contribution in [0, 0.1) is 5.41 Å². The van der Waals surface area contributed by atoms with Crippen molar-refractivity contribution in [2.75, 3.05) is 19.8 Å². The van der Waals surface area contributed by atoms with E-state index in [9.17, 15) is 47.9 Å². The molecule has 0 amide bonds. The predicted molar refractivity (Wildman–Crippen MR) is 364 cm³/mol. The van der Waals surface area contributed by atoms with Gasteiger partial charge in [-0.3, -0.25) is 19.8 Å². The molecule has 3 heterocycles. The SMILES string of the molecule is CC(=O)O[C@H]1[C@@H](OC(C)=O)[C@@H](CO[C@@H]2O[C@H](COC(=O)c3ccccc3)[C@H](OC(=O)c3ccccc3)[C@H](OC(=O)c3ccccc3)[C@H]2OC(=O)c2ccccc2)O[C@@H](OC[C@H]2O[C@H](OC(=N)C(Cl)(Cl)Cl)[C@H](OC(=O)c3ccccc3)[C@@H](OC(=O)c3ccccc3)[C@H]2OC(=O)c2ccccc2)[C@@H]1OC(C)=O. The van der Waals surface area contributed by atoms with Crippen molar-refractivity contribution in [1.29, 1.82) is 5.41 Å². The van der Waals surface area contributed by atoms with Gasteiger partial charge in [0.25, 0.3) is 3.79 Å². The average Bonchev–Trinajstić information content (AvgIpc) is 0.776. The molecule has 0 unspecified atom stereocenters. The van der Waals surface area contributed by atoms with Gasteiger partial charge in [0.1, 0.15) is 24.9 Å². The Bertz CT molecular complexity index is 4170. The molecule has 27 nitrogen and oxygen atoms in total. The van der Waals surface area contributed by atoms with Crippen molar-refractivity contribution >= 4 is 100 Å². The van der Waals surface area contributed by atoms with E-state index in [-0.39, 0.29) is 38.9 Å². The molecule has 30 heteroatoms. The molecule has 548 valence electrons. The largest absolute Gasteiger partial charge is 0.459 e. The van der Waals surface area contributed by atoms with Crippen LogP contribution in [0.15, 0.2) is 212 Å². The highest BCUT2D eigenvalue weighted by Gasteiger charge is 2.59. The lowest BCUT2D eigenvalue weighted by Crippen LogP contribution is -2.66. The van der Waals surface area contributed by atoms with Crippen molar-refractivity contribution in [3.05, 3.63) is 251 Å². The van der Waals surface area contributed by atoms with Crippen LogP contribution in [-0.4, -0.2) is 181 Å². The molecule has 0 spiro atoms. The van der Waals surface area contributed by atoms with Crippen LogP contribution in [-0.2, 0) is 90.2 Å². The summed E-state index contributed by atoms with van der Waals surface area (Å²) in [4.78, 5) is 140. The minimum absolute atomic E-state index is 0.00807. The first-order chi connectivity index (χ1) is 50.5. The number of nitrogens with one attached hydrogen (secondary N) is 1. The molecule has 3 saturated heterocycles. The van der Waals surface area contributed by atoms with E-state index in [1.165, 1.54) is 146 Å². The lowest BCUT2D eigenvalue weighted by atomic mass is 9.96. The third-order valence-corrected chi connectivity index (χ3v) is 16.4. The molecule has 0 bridgehead atoms. The molecule has 0 saturated carbocycles. The van der Waals surface area contributed by atoms with Gasteiger partial charge in [-0.1, -0.05) is 162 Å². The van der Waals surface area contributed by atoms with Crippen molar-refractivity contribution in [3.8, 4) is 0 Å². The summed E-state index contributed by atoms with van der Waals surface area (Å²) in [5.41, 5.74) is -0.247. The van der Waals surface area contributed by atoms with E-state index in [1.807, 2.05) is 0 Å². The van der Waals surface area contributed by atoms with Crippen molar-refractivity contribution < 1.29 is 124 Å². The molecule has 1 N–H and O–H groups in total. The second-order valence-corrected chi connectivity index (χ2v) is 25.6. The van der Waals surface area contributed by atoms with Crippen molar-refractivity contribution in [3.63, 3.8) is 0 Å². The van der Waals surface area contributed by atoms with Crippen LogP contribution in [0.1, 0.15) is 93.3 Å². The second-order valence-electron chi connectivity index (χ2n) is 23.3. The number of rotatable bonds is 25. The number of esters is 10. The lowest BCUT2D eigenvalue weighted by Gasteiger charge is -2.47. The zero-order valence-corrected chi connectivity index (χ0v) is 58.0. The van der Waals surface area contributed by atoms with Gasteiger partial charge in [0, 0.05) is 20.8 Å². The summed E-state index contributed by atoms with van der Waals surface area (Å²) >= 11 is 18.5. The summed E-state index contributed by atoms with van der Waals surface area (Å²) in [6.07, 6.45) is -29.5. The molecule has 15 atom stereocenters. The molecule has 3 fully saturated rings. The highest BCUT2D eigenvalue weighted by Crippen LogP contribution is 2.38. The maximum absolute atomic E-state index is 14.5. The fourth-order valence-electron chi connectivity index (χ4n) is 11.2. The maximum Gasteiger partial charge on any atom is 0.338 e. The third kappa shape index (κ3) is 20.6. The summed E-state index contributed by atoms with van der Waals surface area (Å²) in [5, 5.41) is 8.73. The molecule has 0 radical (unpaired) electrons. The van der Waals surface area contributed by atoms with Crippen molar-refractivity contribution in [2.24, 2.45) is 0 Å². The fourth-order valence-corrected chi connectivity index (χ4v) is 11.3. The molecule has 10 rings (SSSR count). The zero-order valence-electron chi connectivity index (χ0n) is 55.7. The first-order valence-corrected chi connectivity index (χ1v) is 33.4. The average molecular weight is 1500 g/mol. The molecule has 7 aromatic carbocycles. The molecular weight excluding hydrogens is 1440 g/mol. The van der Waals surface area contributed by atoms with Gasteiger partial charge in [0.15, 0.2) is 61.4 Å². The van der Waals surface area contributed by atoms with Crippen LogP contribution in [0.2, 0.25) is 0 Å². The number of halogens is 3. The van der Waals surface area contributed by atoms with Gasteiger partial charge in [-0.2, -0.15) is 0 Å². The summed E-state index contributed by atoms with van der Waals surface area (Å²) in [6.45, 7) is 0.136. The highest BCUT2D eigenvalue weighted by atomic mass is 35.6. The van der Waals surface area contributed by atoms with Crippen LogP contribution in [0.25, 0.3) is 0 Å². The van der Waals surface area contributed by atoms with Crippen LogP contribution >= 0.6 is 34.8 Å². The van der Waals surface area contributed by atoms with Gasteiger partial charge in [-0.25, -0.2) is 33.6 Å². The van der Waals surface area contributed by atoms with Crippen LogP contribution in [0.5, 0.6) is 0 Å². The van der Waals surface area contributed by atoms with Gasteiger partial charge >= 0.3 is 59.7 Å². The lowest BCUT2D eigenvalue weighted by molar-refractivity contribution is -0.340. The predicted octanol–water partition coefficient (Wildman–Crippen LogP) is 9.56. The Morgan fingerprint density at radius 2 is 0.514 bits per heavy atom. The Labute approximate surface area is 614 Å². The van der Waals surface area contributed by atoms with E-state index in [0.717, 1.165) is 20.8 Å². The smallest absolute Gasteiger partial charge is 0.338 e. The first kappa shape index (κ1) is 77.0. The summed E-state index contributed by atoms with van der Waals surface area (Å²) in [7, 11) is 0. The van der Waals surface area contributed by atoms with Crippen molar-refractivity contribution in [2.45, 2.75) is 117 Å². The molecule has 0 aromatic heterocycles. The van der Waals surface area contributed by atoms with Crippen molar-refractivity contribution in [1.82, 2.24) is 0 Å². The van der Waals surface area contributed by atoms with E-state index in [0.29, 0.717) is 0 Å². The monoisotopic (exact) mass is 1500 g/mol. The van der Waals surface area contributed by atoms with Gasteiger partial charge < -0.3 is 75.8 Å². The van der Waals surface area contributed by atoms with Gasteiger partial charge in [0.05, 0.1) is 52.2 Å². The summed E-state index contributed by atoms with van der Waals surface area (Å²) < 4.78 is 96.3. The number of alkyl halides is 3. The van der Waals surface area contributed by atoms with Gasteiger partial charge in [0.2, 0.25) is 18.3 Å². The number of hydrogen-bond acceptors (Lipinski definition) is 27. The number of hydrogen-bond donors (Lipinski definition) is 1. The third-order valence-electron chi connectivity index (χ3n) is 15.9. The van der Waals surface area contributed by atoms with Gasteiger partial charge in [-0.05, 0) is 84.9 Å². The standard InChI is InChI=1S/C75H66Cl3NO26/c1-42(80)93-55-53(40-92-72-62(103-69(88)50-35-21-9-22-36-50)59(101-67(86)48-31-17-7-18-32-48)56(99-65(84)46-27-13-5-14-28-46)52(96-72)39-90-64(83)45-25-11-4-12-26-45)97-71(61(95-44(3)82)58(55)94-43(2)81)91-41-54-57(100-66(85)47-29-15-6-16-30-47)60(102-68(87)49-33-19-8-20-34-49)63(73(98-54)105-74(79)75(76,77)78)104-70(89)51-37-23-10-24-38-51/h4-38,52-63,71-73,79H,39-41H2,1-3H3/t52-,53-,54-,55+,56+,57+,58+,59+,60+,61-,62-,63-,71-,72-,73-/m1/s1. The summed E-state index contributed by atoms with van der Waals surface area (Å²) in [5.74, 6) is -11.6. The number of carbonyl (C=O) groups excluding carboxylic acids is 10. The Morgan fingerprint density at radius 1 is 0.295 bits per heavy atom. The van der Waals surface area contributed by atoms with E-state index >= 15 is 0 Å². The number of carbonyl (C=O) groups is 10. The van der Waals surface area contributed by atoms with Gasteiger partial charge in [-0.15, -0.1) is 0 Å². The summed E-state index contributed by atoms with van der Waals surface area (Å²) in [6, 6.07) is 52.4. The minimum atomic E-state index is -2.66. The fraction of sp³-hybridized carbons (Fsp3) is 0.293. The van der Waals surface area contributed by atoms with E-state index < -0.39 is 181 Å². The molecule has 105 heavy (non-hydrogen) atoms. The van der Waals surface area contributed by atoms with E-state index in [1.54, 1.807) is 66.7 Å². The number of ether oxygens (including phenoxy) is 16. The highest BCUT2D eigenvalue weighted by molar-refractivity contribution is 6.76. The normalized spacial score (nSPS) is 24.1. The van der Waals surface area contributed by atoms with Crippen LogP contribution < -0.4 is 0 Å². The van der Waals surface area contributed by atoms with E-state index in [2.05, 4.69) is 0 Å².